The van der Waals surface area contributed by atoms with E-state index < -0.39 is 0 Å². The van der Waals surface area contributed by atoms with Crippen LogP contribution in [-0.4, -0.2) is 74.9 Å². The number of halogens is 1. The van der Waals surface area contributed by atoms with Crippen molar-refractivity contribution in [3.63, 3.8) is 0 Å². The molecule has 0 amide bonds. The lowest BCUT2D eigenvalue weighted by molar-refractivity contribution is 0.122. The Hall–Kier alpha value is -1.13. The molecule has 3 rings (SSSR count). The molecule has 0 aromatic carbocycles. The highest BCUT2D eigenvalue weighted by molar-refractivity contribution is 14.0. The van der Waals surface area contributed by atoms with Crippen LogP contribution in [0.15, 0.2) is 23.3 Å². The fraction of sp³-hybridized carbons (Fsp3) is 0.700. The van der Waals surface area contributed by atoms with Gasteiger partial charge in [0, 0.05) is 57.6 Å². The Labute approximate surface area is 186 Å². The summed E-state index contributed by atoms with van der Waals surface area (Å²) in [7, 11) is 1.84. The second kappa shape index (κ2) is 12.4. The second-order valence-electron chi connectivity index (χ2n) is 7.27. The first-order valence-corrected chi connectivity index (χ1v) is 10.3. The third-order valence-electron chi connectivity index (χ3n) is 5.32. The Kier molecular flexibility index (Phi) is 10.3. The first-order valence-electron chi connectivity index (χ1n) is 10.3. The van der Waals surface area contributed by atoms with Crippen LogP contribution in [0.5, 0.6) is 0 Å². The molecule has 2 fully saturated rings. The summed E-state index contributed by atoms with van der Waals surface area (Å²) >= 11 is 0. The van der Waals surface area contributed by atoms with Gasteiger partial charge in [-0.05, 0) is 31.9 Å². The average molecular weight is 502 g/mol. The van der Waals surface area contributed by atoms with Gasteiger partial charge in [0.2, 0.25) is 0 Å². The molecule has 0 radical (unpaired) electrons. The largest absolute Gasteiger partial charge is 0.378 e. The van der Waals surface area contributed by atoms with Gasteiger partial charge in [0.1, 0.15) is 5.82 Å². The Morgan fingerprint density at radius 3 is 2.68 bits per heavy atom. The first-order chi connectivity index (χ1) is 13.3. The van der Waals surface area contributed by atoms with E-state index >= 15 is 0 Å². The highest BCUT2D eigenvalue weighted by Gasteiger charge is 2.20. The number of morpholine rings is 1. The predicted molar refractivity (Wildman–Crippen MR) is 126 cm³/mol. The first kappa shape index (κ1) is 23.2. The molecule has 2 aliphatic heterocycles. The SMILES string of the molecule is CCCN1CCC(NC(=NC)NCc2cccnc2N2CCOCC2)CC1.I. The Morgan fingerprint density at radius 1 is 1.25 bits per heavy atom. The van der Waals surface area contributed by atoms with E-state index in [1.54, 1.807) is 0 Å². The number of hydrogen-bond donors (Lipinski definition) is 2. The fourth-order valence-electron chi connectivity index (χ4n) is 3.81. The summed E-state index contributed by atoms with van der Waals surface area (Å²) in [5.74, 6) is 1.93. The van der Waals surface area contributed by atoms with Crippen molar-refractivity contribution in [2.24, 2.45) is 4.99 Å². The number of piperidine rings is 1. The molecule has 1 aromatic rings. The molecule has 158 valence electrons. The van der Waals surface area contributed by atoms with Crippen LogP contribution in [-0.2, 0) is 11.3 Å². The molecule has 0 bridgehead atoms. The number of anilines is 1. The molecule has 7 nitrogen and oxygen atoms in total. The third-order valence-corrected chi connectivity index (χ3v) is 5.32. The summed E-state index contributed by atoms with van der Waals surface area (Å²) in [4.78, 5) is 13.9. The lowest BCUT2D eigenvalue weighted by Gasteiger charge is -2.33. The van der Waals surface area contributed by atoms with Crippen molar-refractivity contribution in [1.82, 2.24) is 20.5 Å². The van der Waals surface area contributed by atoms with E-state index in [-0.39, 0.29) is 24.0 Å². The molecule has 2 N–H and O–H groups in total. The van der Waals surface area contributed by atoms with E-state index in [9.17, 15) is 0 Å². The van der Waals surface area contributed by atoms with E-state index in [1.807, 2.05) is 19.3 Å². The number of pyridine rings is 1. The van der Waals surface area contributed by atoms with Crippen molar-refractivity contribution < 1.29 is 4.74 Å². The molecule has 3 heterocycles. The van der Waals surface area contributed by atoms with Gasteiger partial charge in [0.25, 0.3) is 0 Å². The summed E-state index contributed by atoms with van der Waals surface area (Å²) in [6, 6.07) is 4.64. The zero-order valence-electron chi connectivity index (χ0n) is 17.2. The topological polar surface area (TPSA) is 65.0 Å². The molecule has 0 spiro atoms. The van der Waals surface area contributed by atoms with E-state index in [0.717, 1.165) is 44.6 Å². The highest BCUT2D eigenvalue weighted by Crippen LogP contribution is 2.18. The third kappa shape index (κ3) is 6.73. The number of ether oxygens (including phenoxy) is 1. The molecule has 0 unspecified atom stereocenters. The van der Waals surface area contributed by atoms with Gasteiger partial charge in [-0.1, -0.05) is 13.0 Å². The van der Waals surface area contributed by atoms with Gasteiger partial charge < -0.3 is 25.2 Å². The van der Waals surface area contributed by atoms with E-state index in [4.69, 9.17) is 4.74 Å². The molecule has 0 saturated carbocycles. The molecule has 2 aliphatic rings. The smallest absolute Gasteiger partial charge is 0.191 e. The van der Waals surface area contributed by atoms with Crippen LogP contribution >= 0.6 is 24.0 Å². The fourth-order valence-corrected chi connectivity index (χ4v) is 3.81. The average Bonchev–Trinajstić information content (AvgIpc) is 2.73. The van der Waals surface area contributed by atoms with Gasteiger partial charge in [-0.3, -0.25) is 4.99 Å². The van der Waals surface area contributed by atoms with Crippen molar-refractivity contribution in [1.29, 1.82) is 0 Å². The molecule has 0 atom stereocenters. The summed E-state index contributed by atoms with van der Waals surface area (Å²) in [5, 5.41) is 7.07. The number of likely N-dealkylation sites (tertiary alicyclic amines) is 1. The monoisotopic (exact) mass is 502 g/mol. The summed E-state index contributed by atoms with van der Waals surface area (Å²) in [5.41, 5.74) is 1.19. The van der Waals surface area contributed by atoms with Crippen LogP contribution in [0.2, 0.25) is 0 Å². The van der Waals surface area contributed by atoms with Crippen LogP contribution in [0.3, 0.4) is 0 Å². The number of guanidine groups is 1. The highest BCUT2D eigenvalue weighted by atomic mass is 127. The number of nitrogens with one attached hydrogen (secondary N) is 2. The van der Waals surface area contributed by atoms with Crippen LogP contribution in [0.4, 0.5) is 5.82 Å². The number of aromatic nitrogens is 1. The zero-order chi connectivity index (χ0) is 18.9. The lowest BCUT2D eigenvalue weighted by Crippen LogP contribution is -2.48. The van der Waals surface area contributed by atoms with E-state index in [0.29, 0.717) is 6.04 Å². The maximum atomic E-state index is 5.47. The van der Waals surface area contributed by atoms with Crippen molar-refractivity contribution in [3.05, 3.63) is 23.9 Å². The van der Waals surface area contributed by atoms with Crippen LogP contribution in [0.1, 0.15) is 31.7 Å². The maximum absolute atomic E-state index is 5.47. The zero-order valence-corrected chi connectivity index (χ0v) is 19.5. The number of rotatable bonds is 6. The van der Waals surface area contributed by atoms with Crippen molar-refractivity contribution in [2.75, 3.05) is 57.9 Å². The van der Waals surface area contributed by atoms with Gasteiger partial charge >= 0.3 is 0 Å². The minimum absolute atomic E-state index is 0. The standard InChI is InChI=1S/C20H34N6O.HI/c1-3-9-25-10-6-18(7-11-25)24-20(21-2)23-16-17-5-4-8-22-19(17)26-12-14-27-15-13-26;/h4-5,8,18H,3,6-7,9-16H2,1-2H3,(H2,21,23,24);1H. The Balaban J connectivity index is 0.00000280. The number of aliphatic imine (C=N–C) groups is 1. The van der Waals surface area contributed by atoms with Crippen LogP contribution < -0.4 is 15.5 Å². The van der Waals surface area contributed by atoms with Gasteiger partial charge in [0.05, 0.1) is 13.2 Å². The predicted octanol–water partition coefficient (Wildman–Crippen LogP) is 2.08. The van der Waals surface area contributed by atoms with Crippen molar-refractivity contribution >= 4 is 35.8 Å². The minimum atomic E-state index is 0. The number of nitrogens with zero attached hydrogens (tertiary/aromatic N) is 4. The second-order valence-corrected chi connectivity index (χ2v) is 7.27. The summed E-state index contributed by atoms with van der Waals surface area (Å²) in [6.45, 7) is 9.85. The quantitative estimate of drug-likeness (QED) is 0.353. The Morgan fingerprint density at radius 2 is 2.00 bits per heavy atom. The van der Waals surface area contributed by atoms with Crippen molar-refractivity contribution in [3.8, 4) is 0 Å². The van der Waals surface area contributed by atoms with E-state index in [1.165, 1.54) is 44.5 Å². The molecule has 8 heteroatoms. The normalized spacial score (nSPS) is 19.2. The van der Waals surface area contributed by atoms with Gasteiger partial charge in [-0.2, -0.15) is 0 Å². The van der Waals surface area contributed by atoms with Gasteiger partial charge in [-0.25, -0.2) is 4.98 Å². The molecule has 2 saturated heterocycles. The Bertz CT molecular complexity index is 600. The maximum Gasteiger partial charge on any atom is 0.191 e. The van der Waals surface area contributed by atoms with Crippen LogP contribution in [0, 0.1) is 0 Å². The molecule has 28 heavy (non-hydrogen) atoms. The molecule has 1 aromatic heterocycles. The van der Waals surface area contributed by atoms with Crippen molar-refractivity contribution in [2.45, 2.75) is 38.8 Å². The van der Waals surface area contributed by atoms with E-state index in [2.05, 4.69) is 43.4 Å². The van der Waals surface area contributed by atoms with Gasteiger partial charge in [-0.15, -0.1) is 24.0 Å². The molecule has 0 aliphatic carbocycles. The minimum Gasteiger partial charge on any atom is -0.378 e. The summed E-state index contributed by atoms with van der Waals surface area (Å²) < 4.78 is 5.47. The lowest BCUT2D eigenvalue weighted by atomic mass is 10.1. The number of hydrogen-bond acceptors (Lipinski definition) is 5. The van der Waals surface area contributed by atoms with Gasteiger partial charge in [0.15, 0.2) is 5.96 Å². The summed E-state index contributed by atoms with van der Waals surface area (Å²) in [6.07, 6.45) is 5.45. The molecular formula is C20H35IN6O. The molecular weight excluding hydrogens is 467 g/mol. The van der Waals surface area contributed by atoms with Crippen LogP contribution in [0.25, 0.3) is 0 Å².